The summed E-state index contributed by atoms with van der Waals surface area (Å²) >= 11 is 0. The first-order chi connectivity index (χ1) is 7.98. The van der Waals surface area contributed by atoms with E-state index in [1.54, 1.807) is 0 Å². The Morgan fingerprint density at radius 2 is 2.24 bits per heavy atom. The maximum atomic E-state index is 11.6. The van der Waals surface area contributed by atoms with E-state index in [2.05, 4.69) is 15.6 Å². The molecule has 1 amide bonds. The van der Waals surface area contributed by atoms with Gasteiger partial charge in [-0.25, -0.2) is 9.48 Å². The van der Waals surface area contributed by atoms with Crippen LogP contribution in [0.1, 0.15) is 26.7 Å². The lowest BCUT2D eigenvalue weighted by Crippen LogP contribution is -2.53. The molecule has 1 aromatic rings. The Kier molecular flexibility index (Phi) is 4.19. The van der Waals surface area contributed by atoms with E-state index in [0.29, 0.717) is 12.8 Å². The van der Waals surface area contributed by atoms with Crippen LogP contribution in [0.5, 0.6) is 0 Å². The second-order valence-electron chi connectivity index (χ2n) is 4.04. The Bertz CT molecular complexity index is 390. The van der Waals surface area contributed by atoms with Gasteiger partial charge in [0.2, 0.25) is 5.91 Å². The number of hydrogen-bond acceptors (Lipinski definition) is 4. The van der Waals surface area contributed by atoms with Crippen molar-refractivity contribution in [3.8, 4) is 0 Å². The Morgan fingerprint density at radius 3 is 2.71 bits per heavy atom. The summed E-state index contributed by atoms with van der Waals surface area (Å²) in [6, 6.07) is 0. The first-order valence-electron chi connectivity index (χ1n) is 5.36. The molecule has 0 fully saturated rings. The van der Waals surface area contributed by atoms with Gasteiger partial charge < -0.3 is 10.4 Å². The average molecular weight is 240 g/mol. The highest BCUT2D eigenvalue weighted by molar-refractivity contribution is 5.86. The molecule has 1 aromatic heterocycles. The van der Waals surface area contributed by atoms with Gasteiger partial charge in [-0.15, -0.1) is 5.10 Å². The summed E-state index contributed by atoms with van der Waals surface area (Å²) in [7, 11) is 0. The third-order valence-electron chi connectivity index (χ3n) is 2.41. The molecule has 7 heteroatoms. The van der Waals surface area contributed by atoms with Crippen LogP contribution in [0.4, 0.5) is 0 Å². The molecule has 0 aliphatic rings. The zero-order valence-electron chi connectivity index (χ0n) is 9.88. The van der Waals surface area contributed by atoms with Crippen molar-refractivity contribution >= 4 is 11.9 Å². The molecule has 1 atom stereocenters. The number of amides is 1. The summed E-state index contributed by atoms with van der Waals surface area (Å²) in [5.41, 5.74) is -1.23. The summed E-state index contributed by atoms with van der Waals surface area (Å²) in [5.74, 6) is -1.43. The highest BCUT2D eigenvalue weighted by Crippen LogP contribution is 2.12. The van der Waals surface area contributed by atoms with Gasteiger partial charge in [0.05, 0.1) is 6.20 Å². The van der Waals surface area contributed by atoms with Crippen LogP contribution in [0.15, 0.2) is 12.4 Å². The van der Waals surface area contributed by atoms with E-state index in [-0.39, 0.29) is 6.54 Å². The van der Waals surface area contributed by atoms with Gasteiger partial charge in [0.1, 0.15) is 12.1 Å². The molecule has 7 nitrogen and oxygen atoms in total. The Labute approximate surface area is 98.8 Å². The van der Waals surface area contributed by atoms with E-state index in [1.165, 1.54) is 24.0 Å². The van der Waals surface area contributed by atoms with Crippen molar-refractivity contribution in [3.63, 3.8) is 0 Å². The van der Waals surface area contributed by atoms with Crippen LogP contribution >= 0.6 is 0 Å². The molecule has 0 aromatic carbocycles. The van der Waals surface area contributed by atoms with Crippen LogP contribution < -0.4 is 5.32 Å². The molecule has 17 heavy (non-hydrogen) atoms. The second kappa shape index (κ2) is 5.42. The molecule has 2 N–H and O–H groups in total. The van der Waals surface area contributed by atoms with Crippen molar-refractivity contribution in [2.75, 3.05) is 0 Å². The van der Waals surface area contributed by atoms with Crippen molar-refractivity contribution in [3.05, 3.63) is 12.4 Å². The maximum absolute atomic E-state index is 11.6. The molecule has 94 valence electrons. The summed E-state index contributed by atoms with van der Waals surface area (Å²) in [5, 5.41) is 18.8. The summed E-state index contributed by atoms with van der Waals surface area (Å²) in [4.78, 5) is 22.7. The normalized spacial score (nSPS) is 14.0. The molecular weight excluding hydrogens is 224 g/mol. The number of carbonyl (C=O) groups is 2. The minimum absolute atomic E-state index is 0.0351. The standard InChI is InChI=1S/C10H16N4O3/c1-3-4-10(2,9(16)17)12-8(15)7-14-6-5-11-13-14/h5-6H,3-4,7H2,1-2H3,(H,12,15)(H,16,17). The summed E-state index contributed by atoms with van der Waals surface area (Å²) < 4.78 is 1.34. The number of aliphatic carboxylic acids is 1. The van der Waals surface area contributed by atoms with Crippen LogP contribution in [0.3, 0.4) is 0 Å². The van der Waals surface area contributed by atoms with E-state index >= 15 is 0 Å². The second-order valence-corrected chi connectivity index (χ2v) is 4.04. The number of nitrogens with zero attached hydrogens (tertiary/aromatic N) is 3. The fraction of sp³-hybridized carbons (Fsp3) is 0.600. The zero-order chi connectivity index (χ0) is 12.9. The van der Waals surface area contributed by atoms with E-state index in [1.807, 2.05) is 6.92 Å². The summed E-state index contributed by atoms with van der Waals surface area (Å²) in [6.45, 7) is 3.33. The van der Waals surface area contributed by atoms with Gasteiger partial charge in [-0.3, -0.25) is 4.79 Å². The average Bonchev–Trinajstić information content (AvgIpc) is 2.70. The number of hydrogen-bond donors (Lipinski definition) is 2. The topological polar surface area (TPSA) is 97.1 Å². The fourth-order valence-corrected chi connectivity index (χ4v) is 1.53. The Hall–Kier alpha value is -1.92. The van der Waals surface area contributed by atoms with Crippen LogP contribution in [0.2, 0.25) is 0 Å². The quantitative estimate of drug-likeness (QED) is 0.731. The molecular formula is C10H16N4O3. The number of rotatable bonds is 6. The number of carboxylic acids is 1. The van der Waals surface area contributed by atoms with E-state index in [9.17, 15) is 9.59 Å². The fourth-order valence-electron chi connectivity index (χ4n) is 1.53. The minimum atomic E-state index is -1.23. The molecule has 0 aliphatic heterocycles. The number of carbonyl (C=O) groups excluding carboxylic acids is 1. The van der Waals surface area contributed by atoms with Gasteiger partial charge in [0.15, 0.2) is 0 Å². The SMILES string of the molecule is CCCC(C)(NC(=O)Cn1ccnn1)C(=O)O. The van der Waals surface area contributed by atoms with E-state index in [0.717, 1.165) is 0 Å². The van der Waals surface area contributed by atoms with Gasteiger partial charge in [-0.2, -0.15) is 0 Å². The van der Waals surface area contributed by atoms with Gasteiger partial charge in [-0.1, -0.05) is 18.6 Å². The van der Waals surface area contributed by atoms with Crippen molar-refractivity contribution in [2.24, 2.45) is 0 Å². The monoisotopic (exact) mass is 240 g/mol. The molecule has 0 aliphatic carbocycles. The summed E-state index contributed by atoms with van der Waals surface area (Å²) in [6.07, 6.45) is 4.05. The molecule has 1 unspecified atom stereocenters. The van der Waals surface area contributed by atoms with E-state index in [4.69, 9.17) is 5.11 Å². The first kappa shape index (κ1) is 13.1. The Morgan fingerprint density at radius 1 is 1.53 bits per heavy atom. The maximum Gasteiger partial charge on any atom is 0.329 e. The molecule has 0 saturated carbocycles. The van der Waals surface area contributed by atoms with Crippen LogP contribution in [0, 0.1) is 0 Å². The molecule has 1 rings (SSSR count). The van der Waals surface area contributed by atoms with Gasteiger partial charge in [0, 0.05) is 6.20 Å². The van der Waals surface area contributed by atoms with Gasteiger partial charge >= 0.3 is 5.97 Å². The smallest absolute Gasteiger partial charge is 0.329 e. The number of aromatic nitrogens is 3. The van der Waals surface area contributed by atoms with Crippen molar-refractivity contribution in [2.45, 2.75) is 38.8 Å². The predicted octanol–water partition coefficient (Wildman–Crippen LogP) is 0.0377. The van der Waals surface area contributed by atoms with Gasteiger partial charge in [0.25, 0.3) is 0 Å². The lowest BCUT2D eigenvalue weighted by atomic mass is 9.96. The van der Waals surface area contributed by atoms with Crippen LogP contribution in [-0.2, 0) is 16.1 Å². The van der Waals surface area contributed by atoms with Crippen molar-refractivity contribution in [1.82, 2.24) is 20.3 Å². The molecule has 0 radical (unpaired) electrons. The molecule has 1 heterocycles. The van der Waals surface area contributed by atoms with Crippen LogP contribution in [0.25, 0.3) is 0 Å². The van der Waals surface area contributed by atoms with Crippen LogP contribution in [-0.4, -0.2) is 37.5 Å². The van der Waals surface area contributed by atoms with E-state index < -0.39 is 17.4 Å². The lowest BCUT2D eigenvalue weighted by molar-refractivity contribution is -0.147. The molecule has 0 saturated heterocycles. The Balaban J connectivity index is 2.61. The van der Waals surface area contributed by atoms with Crippen molar-refractivity contribution < 1.29 is 14.7 Å². The van der Waals surface area contributed by atoms with Crippen molar-refractivity contribution in [1.29, 1.82) is 0 Å². The molecule has 0 spiro atoms. The minimum Gasteiger partial charge on any atom is -0.480 e. The third-order valence-corrected chi connectivity index (χ3v) is 2.41. The highest BCUT2D eigenvalue weighted by Gasteiger charge is 2.33. The van der Waals surface area contributed by atoms with Gasteiger partial charge in [-0.05, 0) is 13.3 Å². The first-order valence-corrected chi connectivity index (χ1v) is 5.36. The number of nitrogens with one attached hydrogen (secondary N) is 1. The number of carboxylic acid groups (broad SMARTS) is 1. The lowest BCUT2D eigenvalue weighted by Gasteiger charge is -2.25. The predicted molar refractivity (Wildman–Crippen MR) is 59.1 cm³/mol. The molecule has 0 bridgehead atoms. The highest BCUT2D eigenvalue weighted by atomic mass is 16.4. The zero-order valence-corrected chi connectivity index (χ0v) is 9.88. The largest absolute Gasteiger partial charge is 0.480 e. The third kappa shape index (κ3) is 3.54.